The number of hydrogen-bond acceptors (Lipinski definition) is 5. The number of amides is 1. The molecule has 8 heteroatoms. The van der Waals surface area contributed by atoms with Gasteiger partial charge in [-0.1, -0.05) is 30.1 Å². The van der Waals surface area contributed by atoms with Gasteiger partial charge >= 0.3 is 5.97 Å². The van der Waals surface area contributed by atoms with Crippen LogP contribution in [0.3, 0.4) is 0 Å². The maximum Gasteiger partial charge on any atom is 0.348 e. The van der Waals surface area contributed by atoms with E-state index in [4.69, 9.17) is 27.9 Å². The van der Waals surface area contributed by atoms with Crippen molar-refractivity contribution in [1.82, 2.24) is 4.98 Å². The van der Waals surface area contributed by atoms with Crippen molar-refractivity contribution >= 4 is 52.2 Å². The summed E-state index contributed by atoms with van der Waals surface area (Å²) in [5.74, 6) is -0.196. The zero-order valence-electron chi connectivity index (χ0n) is 13.5. The summed E-state index contributed by atoms with van der Waals surface area (Å²) in [4.78, 5) is 29.8. The molecule has 132 valence electrons. The lowest BCUT2D eigenvalue weighted by atomic mass is 9.90. The lowest BCUT2D eigenvalue weighted by molar-refractivity contribution is -0.119. The van der Waals surface area contributed by atoms with Crippen molar-refractivity contribution in [1.29, 1.82) is 0 Å². The molecule has 0 aromatic carbocycles. The van der Waals surface area contributed by atoms with Gasteiger partial charge in [0, 0.05) is 11.1 Å². The topological polar surface area (TPSA) is 68.3 Å². The van der Waals surface area contributed by atoms with Crippen LogP contribution in [0, 0.1) is 5.92 Å². The van der Waals surface area contributed by atoms with Crippen molar-refractivity contribution < 1.29 is 14.3 Å². The largest absolute Gasteiger partial charge is 0.451 e. The van der Waals surface area contributed by atoms with Crippen molar-refractivity contribution in [2.75, 3.05) is 11.9 Å². The number of nitrogens with zero attached hydrogens (tertiary/aromatic N) is 1. The first kappa shape index (κ1) is 18.2. The van der Waals surface area contributed by atoms with Crippen molar-refractivity contribution in [3.05, 3.63) is 43.7 Å². The molecule has 3 rings (SSSR count). The Morgan fingerprint density at radius 2 is 2.20 bits per heavy atom. The first-order valence-electron chi connectivity index (χ1n) is 7.82. The van der Waals surface area contributed by atoms with Crippen LogP contribution in [0.25, 0.3) is 0 Å². The van der Waals surface area contributed by atoms with Crippen LogP contribution >= 0.6 is 34.5 Å². The van der Waals surface area contributed by atoms with E-state index in [0.717, 1.165) is 19.3 Å². The molecule has 0 spiro atoms. The fraction of sp³-hybridized carbons (Fsp3) is 0.353. The van der Waals surface area contributed by atoms with Crippen molar-refractivity contribution in [2.24, 2.45) is 5.92 Å². The predicted molar refractivity (Wildman–Crippen MR) is 98.7 cm³/mol. The van der Waals surface area contributed by atoms with E-state index < -0.39 is 18.5 Å². The summed E-state index contributed by atoms with van der Waals surface area (Å²) in [5, 5.41) is 3.07. The van der Waals surface area contributed by atoms with E-state index in [0.29, 0.717) is 15.8 Å². The molecule has 25 heavy (non-hydrogen) atoms. The highest BCUT2D eigenvalue weighted by Crippen LogP contribution is 2.32. The first-order chi connectivity index (χ1) is 11.9. The molecule has 1 amide bonds. The van der Waals surface area contributed by atoms with Gasteiger partial charge in [0.1, 0.15) is 4.88 Å². The number of halogens is 2. The highest BCUT2D eigenvalue weighted by molar-refractivity contribution is 7.14. The Balaban J connectivity index is 1.56. The third-order valence-corrected chi connectivity index (χ3v) is 5.64. The summed E-state index contributed by atoms with van der Waals surface area (Å²) in [6, 6.07) is 3.35. The molecule has 1 aliphatic carbocycles. The Kier molecular flexibility index (Phi) is 5.61. The first-order valence-corrected chi connectivity index (χ1v) is 9.39. The Hall–Kier alpha value is -1.63. The van der Waals surface area contributed by atoms with Gasteiger partial charge < -0.3 is 10.1 Å². The van der Waals surface area contributed by atoms with Crippen molar-refractivity contribution in [3.63, 3.8) is 0 Å². The second-order valence-electron chi connectivity index (χ2n) is 6.02. The van der Waals surface area contributed by atoms with E-state index in [-0.39, 0.29) is 10.8 Å². The van der Waals surface area contributed by atoms with Crippen LogP contribution in [0.15, 0.2) is 18.3 Å². The number of anilines is 1. The van der Waals surface area contributed by atoms with Gasteiger partial charge in [0.25, 0.3) is 5.91 Å². The summed E-state index contributed by atoms with van der Waals surface area (Å²) in [6.07, 6.45) is 4.49. The van der Waals surface area contributed by atoms with Crippen LogP contribution in [-0.4, -0.2) is 23.5 Å². The highest BCUT2D eigenvalue weighted by atomic mass is 35.5. The molecule has 2 aromatic rings. The third kappa shape index (κ3) is 4.51. The fourth-order valence-corrected chi connectivity index (χ4v) is 4.21. The Morgan fingerprint density at radius 1 is 1.40 bits per heavy atom. The normalized spacial score (nSPS) is 16.2. The number of thiophene rings is 1. The van der Waals surface area contributed by atoms with Gasteiger partial charge in [-0.2, -0.15) is 0 Å². The van der Waals surface area contributed by atoms with Gasteiger partial charge in [-0.05, 0) is 42.9 Å². The minimum Gasteiger partial charge on any atom is -0.451 e. The van der Waals surface area contributed by atoms with Gasteiger partial charge in [0.05, 0.1) is 10.0 Å². The Bertz CT molecular complexity index is 822. The average molecular weight is 399 g/mol. The molecule has 1 N–H and O–H groups in total. The van der Waals surface area contributed by atoms with E-state index in [1.54, 1.807) is 0 Å². The fourth-order valence-electron chi connectivity index (χ4n) is 2.68. The van der Waals surface area contributed by atoms with Gasteiger partial charge in [0.2, 0.25) is 0 Å². The van der Waals surface area contributed by atoms with Gasteiger partial charge in [-0.3, -0.25) is 4.79 Å². The van der Waals surface area contributed by atoms with Gasteiger partial charge in [-0.15, -0.1) is 11.3 Å². The molecule has 1 aliphatic rings. The molecule has 0 saturated carbocycles. The van der Waals surface area contributed by atoms with Gasteiger partial charge in [0.15, 0.2) is 12.4 Å². The van der Waals surface area contributed by atoms with E-state index in [2.05, 4.69) is 17.2 Å². The van der Waals surface area contributed by atoms with Crippen LogP contribution in [0.4, 0.5) is 5.82 Å². The maximum absolute atomic E-state index is 12.2. The number of pyridine rings is 1. The minimum atomic E-state index is -0.514. The number of aromatic nitrogens is 1. The smallest absolute Gasteiger partial charge is 0.348 e. The predicted octanol–water partition coefficient (Wildman–Crippen LogP) is 4.37. The molecule has 0 bridgehead atoms. The summed E-state index contributed by atoms with van der Waals surface area (Å²) in [5.41, 5.74) is 1.22. The van der Waals surface area contributed by atoms with Crippen molar-refractivity contribution in [3.8, 4) is 0 Å². The summed E-state index contributed by atoms with van der Waals surface area (Å²) in [6.45, 7) is 1.80. The molecule has 2 aromatic heterocycles. The number of carbonyl (C=O) groups excluding carboxylic acids is 2. The number of ether oxygens (including phenoxy) is 1. The molecule has 0 fully saturated rings. The summed E-state index contributed by atoms with van der Waals surface area (Å²) < 4.78 is 5.09. The van der Waals surface area contributed by atoms with E-state index in [1.165, 1.54) is 34.0 Å². The summed E-state index contributed by atoms with van der Waals surface area (Å²) in [7, 11) is 0. The monoisotopic (exact) mass is 398 g/mol. The summed E-state index contributed by atoms with van der Waals surface area (Å²) >= 11 is 13.1. The van der Waals surface area contributed by atoms with Crippen LogP contribution in [0.2, 0.25) is 10.0 Å². The molecule has 0 radical (unpaired) electrons. The van der Waals surface area contributed by atoms with E-state index in [9.17, 15) is 9.59 Å². The quantitative estimate of drug-likeness (QED) is 0.776. The number of fused-ring (bicyclic) bond motifs is 1. The molecule has 0 saturated heterocycles. The van der Waals surface area contributed by atoms with E-state index in [1.807, 2.05) is 6.07 Å². The zero-order chi connectivity index (χ0) is 18.0. The molecule has 5 nitrogen and oxygen atoms in total. The minimum absolute atomic E-state index is 0.174. The van der Waals surface area contributed by atoms with Crippen LogP contribution < -0.4 is 5.32 Å². The van der Waals surface area contributed by atoms with E-state index >= 15 is 0 Å². The molecule has 0 aliphatic heterocycles. The lowest BCUT2D eigenvalue weighted by Crippen LogP contribution is -2.21. The lowest BCUT2D eigenvalue weighted by Gasteiger charge is -2.16. The van der Waals surface area contributed by atoms with Gasteiger partial charge in [-0.25, -0.2) is 9.78 Å². The van der Waals surface area contributed by atoms with Crippen LogP contribution in [0.1, 0.15) is 33.5 Å². The van der Waals surface area contributed by atoms with Crippen LogP contribution in [0.5, 0.6) is 0 Å². The third-order valence-electron chi connectivity index (χ3n) is 3.93. The molecule has 1 atom stereocenters. The number of hydrogen-bond donors (Lipinski definition) is 1. The Labute approximate surface area is 159 Å². The second kappa shape index (κ2) is 7.72. The zero-order valence-corrected chi connectivity index (χ0v) is 15.8. The number of rotatable bonds is 4. The van der Waals surface area contributed by atoms with Crippen molar-refractivity contribution in [2.45, 2.75) is 26.2 Å². The average Bonchev–Trinajstić information content (AvgIpc) is 2.98. The Morgan fingerprint density at radius 3 is 2.96 bits per heavy atom. The molecular weight excluding hydrogens is 383 g/mol. The standard InChI is InChI=1S/C17H16Cl2N2O3S/c1-9-2-3-13-10(4-9)5-14(25-13)17(23)24-8-15(22)21-16-12(19)6-11(18)7-20-16/h5-7,9H,2-4,8H2,1H3,(H,20,21,22)/t9-/m1/s1. The second-order valence-corrected chi connectivity index (χ2v) is 8.00. The van der Waals surface area contributed by atoms with Crippen LogP contribution in [-0.2, 0) is 22.4 Å². The molecule has 0 unspecified atom stereocenters. The highest BCUT2D eigenvalue weighted by Gasteiger charge is 2.22. The molecule has 2 heterocycles. The molecular formula is C17H16Cl2N2O3S. The number of carbonyl (C=O) groups is 2. The maximum atomic E-state index is 12.2. The number of esters is 1. The number of nitrogens with one attached hydrogen (secondary N) is 1. The SMILES string of the molecule is C[C@@H]1CCc2sc(C(=O)OCC(=O)Nc3ncc(Cl)cc3Cl)cc2C1. The number of aryl methyl sites for hydroxylation is 1.